The molecule has 0 fully saturated rings. The second-order valence-corrected chi connectivity index (χ2v) is 7.25. The van der Waals surface area contributed by atoms with E-state index >= 15 is 0 Å². The Hall–Kier alpha value is -0.760. The number of aliphatic hydroxyl groups excluding tert-OH is 1. The molecule has 1 aromatic rings. The zero-order valence-electron chi connectivity index (χ0n) is 12.2. The van der Waals surface area contributed by atoms with Gasteiger partial charge in [0, 0.05) is 19.6 Å². The van der Waals surface area contributed by atoms with Crippen LogP contribution in [-0.2, 0) is 10.0 Å². The van der Waals surface area contributed by atoms with Crippen LogP contribution < -0.4 is 9.46 Å². The number of hydrogen-bond donors (Lipinski definition) is 2. The summed E-state index contributed by atoms with van der Waals surface area (Å²) in [6, 6.07) is 6.30. The maximum absolute atomic E-state index is 12.0. The molecule has 1 rings (SSSR count). The van der Waals surface area contributed by atoms with Crippen molar-refractivity contribution in [3.63, 3.8) is 0 Å². The third-order valence-electron chi connectivity index (χ3n) is 2.77. The lowest BCUT2D eigenvalue weighted by atomic mass is 10.3. The van der Waals surface area contributed by atoms with E-state index in [2.05, 4.69) is 4.72 Å². The van der Waals surface area contributed by atoms with Crippen LogP contribution >= 0.6 is 11.8 Å². The number of thioether (sulfide) groups is 1. The van der Waals surface area contributed by atoms with E-state index in [9.17, 15) is 8.42 Å². The molecule has 2 N–H and O–H groups in total. The monoisotopic (exact) mass is 333 g/mol. The fourth-order valence-electron chi connectivity index (χ4n) is 1.63. The first-order valence-electron chi connectivity index (χ1n) is 6.92. The van der Waals surface area contributed by atoms with Crippen molar-refractivity contribution in [1.29, 1.82) is 0 Å². The number of ether oxygens (including phenoxy) is 1. The number of nitrogens with one attached hydrogen (secondary N) is 1. The van der Waals surface area contributed by atoms with Crippen molar-refractivity contribution in [2.75, 3.05) is 31.8 Å². The lowest BCUT2D eigenvalue weighted by Gasteiger charge is -2.08. The third-order valence-corrected chi connectivity index (χ3v) is 4.95. The highest BCUT2D eigenvalue weighted by molar-refractivity contribution is 7.98. The molecular weight excluding hydrogens is 310 g/mol. The van der Waals surface area contributed by atoms with Crippen LogP contribution in [0.25, 0.3) is 0 Å². The molecule has 7 heteroatoms. The third kappa shape index (κ3) is 7.17. The van der Waals surface area contributed by atoms with Gasteiger partial charge in [-0.3, -0.25) is 0 Å². The van der Waals surface area contributed by atoms with Crippen LogP contribution in [0, 0.1) is 0 Å². The first kappa shape index (κ1) is 18.3. The molecular formula is C14H23NO4S2. The van der Waals surface area contributed by atoms with Gasteiger partial charge in [-0.15, -0.1) is 0 Å². The molecule has 0 aliphatic carbocycles. The van der Waals surface area contributed by atoms with E-state index in [1.807, 2.05) is 6.26 Å². The average Bonchev–Trinajstić information content (AvgIpc) is 2.48. The van der Waals surface area contributed by atoms with Crippen LogP contribution in [-0.4, -0.2) is 45.3 Å². The van der Waals surface area contributed by atoms with E-state index < -0.39 is 10.0 Å². The first-order chi connectivity index (χ1) is 10.1. The Morgan fingerprint density at radius 3 is 2.52 bits per heavy atom. The van der Waals surface area contributed by atoms with Crippen LogP contribution in [0.4, 0.5) is 0 Å². The summed E-state index contributed by atoms with van der Waals surface area (Å²) in [5, 5.41) is 8.66. The highest BCUT2D eigenvalue weighted by atomic mass is 32.2. The summed E-state index contributed by atoms with van der Waals surface area (Å²) in [6.45, 7) is 0.945. The zero-order chi connectivity index (χ0) is 15.6. The van der Waals surface area contributed by atoms with Crippen molar-refractivity contribution in [3.05, 3.63) is 24.3 Å². The van der Waals surface area contributed by atoms with Gasteiger partial charge in [-0.25, -0.2) is 13.1 Å². The van der Waals surface area contributed by atoms with E-state index in [1.165, 1.54) is 12.1 Å². The second kappa shape index (κ2) is 10.0. The minimum atomic E-state index is -3.44. The lowest BCUT2D eigenvalue weighted by Crippen LogP contribution is -2.24. The fraction of sp³-hybridized carbons (Fsp3) is 0.571. The molecule has 0 bridgehead atoms. The fourth-order valence-corrected chi connectivity index (χ4v) is 3.20. The Morgan fingerprint density at radius 1 is 1.19 bits per heavy atom. The minimum absolute atomic E-state index is 0.0763. The Balaban J connectivity index is 2.47. The Kier molecular flexibility index (Phi) is 8.75. The normalized spacial score (nSPS) is 11.5. The molecule has 0 radical (unpaired) electrons. The maximum Gasteiger partial charge on any atom is 0.240 e. The molecule has 0 saturated carbocycles. The Labute approximate surface area is 131 Å². The van der Waals surface area contributed by atoms with Crippen LogP contribution in [0.15, 0.2) is 29.2 Å². The largest absolute Gasteiger partial charge is 0.494 e. The van der Waals surface area contributed by atoms with Gasteiger partial charge >= 0.3 is 0 Å². The highest BCUT2D eigenvalue weighted by Gasteiger charge is 2.12. The average molecular weight is 333 g/mol. The number of unbranched alkanes of at least 4 members (excludes halogenated alkanes) is 1. The summed E-state index contributed by atoms with van der Waals surface area (Å²) in [4.78, 5) is 0.238. The van der Waals surface area contributed by atoms with E-state index in [4.69, 9.17) is 9.84 Å². The second-order valence-electron chi connectivity index (χ2n) is 4.49. The van der Waals surface area contributed by atoms with Gasteiger partial charge in [-0.2, -0.15) is 11.8 Å². The summed E-state index contributed by atoms with van der Waals surface area (Å²) < 4.78 is 32.0. The summed E-state index contributed by atoms with van der Waals surface area (Å²) in [5.41, 5.74) is 0. The summed E-state index contributed by atoms with van der Waals surface area (Å²) >= 11 is 1.76. The van der Waals surface area contributed by atoms with Crippen molar-refractivity contribution >= 4 is 21.8 Å². The quantitative estimate of drug-likeness (QED) is 0.605. The smallest absolute Gasteiger partial charge is 0.240 e. The van der Waals surface area contributed by atoms with E-state index in [-0.39, 0.29) is 11.5 Å². The zero-order valence-corrected chi connectivity index (χ0v) is 13.9. The van der Waals surface area contributed by atoms with Crippen LogP contribution in [0.5, 0.6) is 5.75 Å². The van der Waals surface area contributed by atoms with E-state index in [0.717, 1.165) is 18.6 Å². The molecule has 21 heavy (non-hydrogen) atoms. The standard InChI is InChI=1S/C14H23NO4S2/c1-20-12-3-2-9-15-21(17,18)14-7-5-13(6-8-14)19-11-4-10-16/h5-8,15-16H,2-4,9-12H2,1H3. The minimum Gasteiger partial charge on any atom is -0.494 e. The van der Waals surface area contributed by atoms with Crippen molar-refractivity contribution in [2.45, 2.75) is 24.2 Å². The number of aliphatic hydroxyl groups is 1. The summed E-state index contributed by atoms with van der Waals surface area (Å²) in [6.07, 6.45) is 4.43. The van der Waals surface area contributed by atoms with Gasteiger partial charge in [0.25, 0.3) is 0 Å². The van der Waals surface area contributed by atoms with Crippen molar-refractivity contribution in [3.8, 4) is 5.75 Å². The Morgan fingerprint density at radius 2 is 1.90 bits per heavy atom. The van der Waals surface area contributed by atoms with Gasteiger partial charge in [0.1, 0.15) is 5.75 Å². The highest BCUT2D eigenvalue weighted by Crippen LogP contribution is 2.16. The number of benzene rings is 1. The van der Waals surface area contributed by atoms with Gasteiger partial charge in [0.15, 0.2) is 0 Å². The van der Waals surface area contributed by atoms with Crippen molar-refractivity contribution < 1.29 is 18.3 Å². The molecule has 0 heterocycles. The molecule has 0 aliphatic heterocycles. The van der Waals surface area contributed by atoms with E-state index in [0.29, 0.717) is 25.3 Å². The predicted octanol–water partition coefficient (Wildman–Crippen LogP) is 1.87. The maximum atomic E-state index is 12.0. The molecule has 0 unspecified atom stereocenters. The van der Waals surface area contributed by atoms with Crippen molar-refractivity contribution in [2.24, 2.45) is 0 Å². The van der Waals surface area contributed by atoms with Gasteiger partial charge in [-0.05, 0) is 49.1 Å². The number of sulfonamides is 1. The molecule has 0 saturated heterocycles. The van der Waals surface area contributed by atoms with Gasteiger partial charge in [0.05, 0.1) is 11.5 Å². The summed E-state index contributed by atoms with van der Waals surface area (Å²) in [5.74, 6) is 1.64. The molecule has 0 atom stereocenters. The lowest BCUT2D eigenvalue weighted by molar-refractivity contribution is 0.233. The predicted molar refractivity (Wildman–Crippen MR) is 86.4 cm³/mol. The SMILES string of the molecule is CSCCCCNS(=O)(=O)c1ccc(OCCCO)cc1. The van der Waals surface area contributed by atoms with Gasteiger partial charge in [0.2, 0.25) is 10.0 Å². The summed E-state index contributed by atoms with van der Waals surface area (Å²) in [7, 11) is -3.44. The van der Waals surface area contributed by atoms with Crippen LogP contribution in [0.3, 0.4) is 0 Å². The molecule has 0 aromatic heterocycles. The molecule has 5 nitrogen and oxygen atoms in total. The first-order valence-corrected chi connectivity index (χ1v) is 9.80. The Bertz CT molecular complexity index is 488. The van der Waals surface area contributed by atoms with Crippen LogP contribution in [0.2, 0.25) is 0 Å². The molecule has 1 aromatic carbocycles. The molecule has 0 amide bonds. The molecule has 120 valence electrons. The van der Waals surface area contributed by atoms with Gasteiger partial charge in [-0.1, -0.05) is 0 Å². The molecule has 0 aliphatic rings. The van der Waals surface area contributed by atoms with Gasteiger partial charge < -0.3 is 9.84 Å². The number of rotatable bonds is 11. The topological polar surface area (TPSA) is 75.6 Å². The van der Waals surface area contributed by atoms with Crippen molar-refractivity contribution in [1.82, 2.24) is 4.72 Å². The number of hydrogen-bond acceptors (Lipinski definition) is 5. The van der Waals surface area contributed by atoms with E-state index in [1.54, 1.807) is 23.9 Å². The van der Waals surface area contributed by atoms with Crippen LogP contribution in [0.1, 0.15) is 19.3 Å². The molecule has 0 spiro atoms.